The third-order valence-corrected chi connectivity index (χ3v) is 3.30. The van der Waals surface area contributed by atoms with Crippen LogP contribution in [0.15, 0.2) is 47.5 Å². The Morgan fingerprint density at radius 2 is 1.95 bits per heavy atom. The van der Waals surface area contributed by atoms with Crippen molar-refractivity contribution in [3.8, 4) is 0 Å². The molecule has 0 fully saturated rings. The summed E-state index contributed by atoms with van der Waals surface area (Å²) >= 11 is 1.47. The maximum Gasteiger partial charge on any atom is 0.339 e. The number of anilines is 1. The third-order valence-electron chi connectivity index (χ3n) is 2.48. The number of methoxy groups -OCH3 is 1. The van der Waals surface area contributed by atoms with E-state index in [9.17, 15) is 4.79 Å². The molecule has 2 aromatic rings. The summed E-state index contributed by atoms with van der Waals surface area (Å²) in [5.74, 6) is 0.309. The fourth-order valence-corrected chi connectivity index (χ4v) is 2.03. The number of carbonyl (C=O) groups excluding carboxylic acids is 1. The van der Waals surface area contributed by atoms with Gasteiger partial charge in [-0.2, -0.15) is 0 Å². The molecule has 0 amide bonds. The molecule has 0 bridgehead atoms. The van der Waals surface area contributed by atoms with Crippen LogP contribution in [0, 0.1) is 6.92 Å². The molecule has 0 spiro atoms. The monoisotopic (exact) mass is 274 g/mol. The number of hydrogen-bond acceptors (Lipinski definition) is 5. The van der Waals surface area contributed by atoms with E-state index in [-0.39, 0.29) is 5.97 Å². The highest BCUT2D eigenvalue weighted by Crippen LogP contribution is 2.20. The number of aromatic nitrogens is 1. The fourth-order valence-electron chi connectivity index (χ4n) is 1.41. The molecule has 0 aliphatic rings. The second-order valence-corrected chi connectivity index (χ2v) is 4.82. The van der Waals surface area contributed by atoms with E-state index in [0.29, 0.717) is 11.4 Å². The van der Waals surface area contributed by atoms with Crippen molar-refractivity contribution in [2.24, 2.45) is 0 Å². The SMILES string of the molecule is COC(=O)c1ccc(NSc2ccc(C)cc2)nc1. The molecule has 98 valence electrons. The van der Waals surface area contributed by atoms with Crippen LogP contribution >= 0.6 is 11.9 Å². The molecule has 4 nitrogen and oxygen atoms in total. The van der Waals surface area contributed by atoms with Gasteiger partial charge in [0.25, 0.3) is 0 Å². The quantitative estimate of drug-likeness (QED) is 0.685. The smallest absolute Gasteiger partial charge is 0.339 e. The molecule has 0 atom stereocenters. The van der Waals surface area contributed by atoms with E-state index in [1.54, 1.807) is 12.1 Å². The largest absolute Gasteiger partial charge is 0.465 e. The van der Waals surface area contributed by atoms with E-state index < -0.39 is 0 Å². The van der Waals surface area contributed by atoms with Crippen molar-refractivity contribution in [1.82, 2.24) is 4.98 Å². The number of ether oxygens (including phenoxy) is 1. The van der Waals surface area contributed by atoms with Gasteiger partial charge < -0.3 is 9.46 Å². The molecule has 0 radical (unpaired) electrons. The van der Waals surface area contributed by atoms with Crippen LogP contribution in [0.4, 0.5) is 5.82 Å². The van der Waals surface area contributed by atoms with Crippen LogP contribution in [0.1, 0.15) is 15.9 Å². The molecular formula is C14H14N2O2S. The molecule has 0 unspecified atom stereocenters. The number of carbonyl (C=O) groups is 1. The van der Waals surface area contributed by atoms with E-state index in [1.807, 2.05) is 12.1 Å². The normalized spacial score (nSPS) is 10.0. The number of hydrogen-bond donors (Lipinski definition) is 1. The lowest BCUT2D eigenvalue weighted by Crippen LogP contribution is -2.02. The highest BCUT2D eigenvalue weighted by Gasteiger charge is 2.05. The number of pyridine rings is 1. The zero-order chi connectivity index (χ0) is 13.7. The zero-order valence-corrected chi connectivity index (χ0v) is 11.5. The Morgan fingerprint density at radius 3 is 2.53 bits per heavy atom. The van der Waals surface area contributed by atoms with Crippen molar-refractivity contribution in [3.63, 3.8) is 0 Å². The first-order chi connectivity index (χ1) is 9.19. The van der Waals surface area contributed by atoms with Gasteiger partial charge >= 0.3 is 5.97 Å². The summed E-state index contributed by atoms with van der Waals surface area (Å²) < 4.78 is 7.73. The molecule has 1 heterocycles. The van der Waals surface area contributed by atoms with E-state index in [4.69, 9.17) is 0 Å². The number of aryl methyl sites for hydroxylation is 1. The highest BCUT2D eigenvalue weighted by atomic mass is 32.2. The van der Waals surface area contributed by atoms with Crippen LogP contribution in [0.5, 0.6) is 0 Å². The number of nitrogens with one attached hydrogen (secondary N) is 1. The molecule has 19 heavy (non-hydrogen) atoms. The minimum Gasteiger partial charge on any atom is -0.465 e. The van der Waals surface area contributed by atoms with Gasteiger partial charge in [-0.25, -0.2) is 9.78 Å². The first-order valence-electron chi connectivity index (χ1n) is 5.73. The van der Waals surface area contributed by atoms with Crippen LogP contribution in [-0.4, -0.2) is 18.1 Å². The Bertz CT molecular complexity index is 553. The first-order valence-corrected chi connectivity index (χ1v) is 6.54. The molecule has 0 saturated heterocycles. The molecular weight excluding hydrogens is 260 g/mol. The lowest BCUT2D eigenvalue weighted by molar-refractivity contribution is 0.0600. The van der Waals surface area contributed by atoms with Crippen LogP contribution in [0.25, 0.3) is 0 Å². The van der Waals surface area contributed by atoms with Crippen LogP contribution in [0.2, 0.25) is 0 Å². The number of esters is 1. The summed E-state index contributed by atoms with van der Waals surface area (Å²) in [5.41, 5.74) is 1.67. The molecule has 5 heteroatoms. The van der Waals surface area contributed by atoms with Gasteiger partial charge in [0.2, 0.25) is 0 Å². The Kier molecular flexibility index (Phi) is 4.41. The number of nitrogens with zero attached hydrogens (tertiary/aromatic N) is 1. The van der Waals surface area contributed by atoms with Crippen molar-refractivity contribution in [3.05, 3.63) is 53.7 Å². The number of rotatable bonds is 4. The van der Waals surface area contributed by atoms with Crippen molar-refractivity contribution in [1.29, 1.82) is 0 Å². The topological polar surface area (TPSA) is 51.2 Å². The van der Waals surface area contributed by atoms with E-state index >= 15 is 0 Å². The van der Waals surface area contributed by atoms with Crippen LogP contribution in [0.3, 0.4) is 0 Å². The van der Waals surface area contributed by atoms with E-state index in [1.165, 1.54) is 30.8 Å². The predicted octanol–water partition coefficient (Wildman–Crippen LogP) is 3.30. The van der Waals surface area contributed by atoms with Gasteiger partial charge in [-0.3, -0.25) is 0 Å². The van der Waals surface area contributed by atoms with Gasteiger partial charge in [0.1, 0.15) is 5.82 Å². The zero-order valence-electron chi connectivity index (χ0n) is 10.7. The minimum atomic E-state index is -0.384. The van der Waals surface area contributed by atoms with Gasteiger partial charge in [-0.05, 0) is 43.1 Å². The minimum absolute atomic E-state index is 0.384. The Morgan fingerprint density at radius 1 is 1.21 bits per heavy atom. The first kappa shape index (κ1) is 13.4. The maximum atomic E-state index is 11.2. The average molecular weight is 274 g/mol. The molecule has 0 aliphatic carbocycles. The van der Waals surface area contributed by atoms with Crippen LogP contribution < -0.4 is 4.72 Å². The molecule has 1 aromatic carbocycles. The summed E-state index contributed by atoms with van der Waals surface area (Å²) in [7, 11) is 1.35. The lowest BCUT2D eigenvalue weighted by atomic mass is 10.2. The Balaban J connectivity index is 1.96. The number of benzene rings is 1. The average Bonchev–Trinajstić information content (AvgIpc) is 2.46. The Hall–Kier alpha value is -2.01. The second kappa shape index (κ2) is 6.24. The van der Waals surface area contributed by atoms with Crippen molar-refractivity contribution < 1.29 is 9.53 Å². The van der Waals surface area contributed by atoms with Gasteiger partial charge in [-0.15, -0.1) is 0 Å². The van der Waals surface area contributed by atoms with Crippen LogP contribution in [-0.2, 0) is 4.74 Å². The van der Waals surface area contributed by atoms with Gasteiger partial charge in [0.15, 0.2) is 0 Å². The molecule has 0 saturated carbocycles. The highest BCUT2D eigenvalue weighted by molar-refractivity contribution is 8.00. The van der Waals surface area contributed by atoms with Crippen molar-refractivity contribution in [2.45, 2.75) is 11.8 Å². The van der Waals surface area contributed by atoms with Gasteiger partial charge in [-0.1, -0.05) is 17.7 Å². The lowest BCUT2D eigenvalue weighted by Gasteiger charge is -2.05. The summed E-state index contributed by atoms with van der Waals surface area (Å²) in [4.78, 5) is 16.5. The van der Waals surface area contributed by atoms with Gasteiger partial charge in [0.05, 0.1) is 12.7 Å². The second-order valence-electron chi connectivity index (χ2n) is 3.94. The third kappa shape index (κ3) is 3.72. The Labute approximate surface area is 116 Å². The predicted molar refractivity (Wildman–Crippen MR) is 76.2 cm³/mol. The molecule has 2 rings (SSSR count). The molecule has 1 aromatic heterocycles. The van der Waals surface area contributed by atoms with E-state index in [0.717, 1.165) is 4.90 Å². The van der Waals surface area contributed by atoms with Crippen molar-refractivity contribution in [2.75, 3.05) is 11.8 Å². The standard InChI is InChI=1S/C14H14N2O2S/c1-10-3-6-12(7-4-10)19-16-13-8-5-11(9-15-13)14(17)18-2/h3-9H,1-2H3,(H,15,16). The maximum absolute atomic E-state index is 11.2. The van der Waals surface area contributed by atoms with E-state index in [2.05, 4.69) is 33.5 Å². The van der Waals surface area contributed by atoms with Crippen molar-refractivity contribution >= 4 is 23.7 Å². The summed E-state index contributed by atoms with van der Waals surface area (Å²) in [6.45, 7) is 2.05. The molecule has 0 aliphatic heterocycles. The van der Waals surface area contributed by atoms with Gasteiger partial charge in [0, 0.05) is 11.1 Å². The summed E-state index contributed by atoms with van der Waals surface area (Å²) in [5, 5.41) is 0. The molecule has 1 N–H and O–H groups in total. The fraction of sp³-hybridized carbons (Fsp3) is 0.143. The summed E-state index contributed by atoms with van der Waals surface area (Å²) in [6.07, 6.45) is 1.49. The summed E-state index contributed by atoms with van der Waals surface area (Å²) in [6, 6.07) is 11.6.